The Hall–Kier alpha value is -1.35. The van der Waals surface area contributed by atoms with Gasteiger partial charge in [0.15, 0.2) is 0 Å². The van der Waals surface area contributed by atoms with Gasteiger partial charge in [-0.05, 0) is 75.8 Å². The Kier molecular flexibility index (Phi) is 5.00. The molecule has 2 aliphatic carbocycles. The molecule has 0 spiro atoms. The second kappa shape index (κ2) is 6.87. The highest BCUT2D eigenvalue weighted by molar-refractivity contribution is 5.79. The molecule has 3 heteroatoms. The predicted molar refractivity (Wildman–Crippen MR) is 98.6 cm³/mol. The zero-order chi connectivity index (χ0) is 17.3. The lowest BCUT2D eigenvalue weighted by Gasteiger charge is -2.44. The van der Waals surface area contributed by atoms with Gasteiger partial charge in [-0.15, -0.1) is 0 Å². The van der Waals surface area contributed by atoms with Crippen LogP contribution in [-0.2, 0) is 11.2 Å². The van der Waals surface area contributed by atoms with Crippen LogP contribution in [-0.4, -0.2) is 17.5 Å². The molecule has 3 N–H and O–H groups in total. The first-order valence-electron chi connectivity index (χ1n) is 9.48. The molecule has 2 bridgehead atoms. The summed E-state index contributed by atoms with van der Waals surface area (Å²) in [4.78, 5) is 12.9. The number of benzene rings is 1. The Morgan fingerprint density at radius 1 is 1.21 bits per heavy atom. The Balaban J connectivity index is 1.62. The van der Waals surface area contributed by atoms with Gasteiger partial charge >= 0.3 is 0 Å². The lowest BCUT2D eigenvalue weighted by atomic mass is 9.65. The van der Waals surface area contributed by atoms with Crippen molar-refractivity contribution in [1.82, 2.24) is 5.32 Å². The van der Waals surface area contributed by atoms with Crippen LogP contribution in [0, 0.1) is 24.7 Å². The topological polar surface area (TPSA) is 55.1 Å². The fourth-order valence-electron chi connectivity index (χ4n) is 4.77. The maximum Gasteiger partial charge on any atom is 0.223 e. The van der Waals surface area contributed by atoms with E-state index >= 15 is 0 Å². The van der Waals surface area contributed by atoms with Crippen LogP contribution < -0.4 is 11.1 Å². The summed E-state index contributed by atoms with van der Waals surface area (Å²) < 4.78 is 0. The highest BCUT2D eigenvalue weighted by atomic mass is 16.2. The van der Waals surface area contributed by atoms with Crippen molar-refractivity contribution < 1.29 is 4.79 Å². The van der Waals surface area contributed by atoms with Gasteiger partial charge in [-0.1, -0.05) is 30.7 Å². The Labute approximate surface area is 146 Å². The normalized spacial score (nSPS) is 30.0. The summed E-state index contributed by atoms with van der Waals surface area (Å²) in [6.45, 7) is 6.40. The van der Waals surface area contributed by atoms with Crippen LogP contribution in [0.15, 0.2) is 24.3 Å². The van der Waals surface area contributed by atoms with E-state index in [1.165, 1.54) is 30.4 Å². The molecule has 2 aliphatic rings. The highest BCUT2D eigenvalue weighted by Crippen LogP contribution is 2.42. The van der Waals surface area contributed by atoms with Crippen molar-refractivity contribution in [1.29, 1.82) is 0 Å². The second-order valence-corrected chi connectivity index (χ2v) is 8.67. The van der Waals surface area contributed by atoms with E-state index in [1.807, 2.05) is 0 Å². The van der Waals surface area contributed by atoms with Gasteiger partial charge in [0.1, 0.15) is 0 Å². The third kappa shape index (κ3) is 3.83. The molecule has 132 valence electrons. The molecule has 0 aliphatic heterocycles. The van der Waals surface area contributed by atoms with Crippen LogP contribution >= 0.6 is 0 Å². The van der Waals surface area contributed by atoms with Gasteiger partial charge in [0.05, 0.1) is 0 Å². The molecule has 2 atom stereocenters. The molecule has 0 heterocycles. The molecule has 0 saturated heterocycles. The van der Waals surface area contributed by atoms with Crippen LogP contribution in [0.2, 0.25) is 0 Å². The molecule has 1 aromatic rings. The number of rotatable bonds is 4. The number of carbonyl (C=O) groups excluding carboxylic acids is 1. The van der Waals surface area contributed by atoms with Gasteiger partial charge in [0, 0.05) is 17.5 Å². The minimum Gasteiger partial charge on any atom is -0.351 e. The molecular formula is C21H32N2O. The molecule has 0 aromatic heterocycles. The first-order valence-corrected chi connectivity index (χ1v) is 9.48. The largest absolute Gasteiger partial charge is 0.351 e. The van der Waals surface area contributed by atoms with E-state index in [4.69, 9.17) is 5.73 Å². The minimum atomic E-state index is -0.224. The number of aryl methyl sites for hydroxylation is 1. The molecule has 24 heavy (non-hydrogen) atoms. The summed E-state index contributed by atoms with van der Waals surface area (Å²) in [5, 5.41) is 3.33. The molecule has 1 aromatic carbocycles. The van der Waals surface area contributed by atoms with Crippen molar-refractivity contribution in [3.05, 3.63) is 35.4 Å². The lowest BCUT2D eigenvalue weighted by molar-refractivity contribution is -0.129. The van der Waals surface area contributed by atoms with Crippen molar-refractivity contribution in [2.24, 2.45) is 23.5 Å². The van der Waals surface area contributed by atoms with E-state index < -0.39 is 0 Å². The fourth-order valence-corrected chi connectivity index (χ4v) is 4.77. The van der Waals surface area contributed by atoms with E-state index in [0.29, 0.717) is 17.9 Å². The molecule has 2 saturated carbocycles. The molecular weight excluding hydrogens is 296 g/mol. The van der Waals surface area contributed by atoms with E-state index in [0.717, 1.165) is 19.3 Å². The number of fused-ring (bicyclic) bond motifs is 2. The number of carbonyl (C=O) groups is 1. The predicted octanol–water partition coefficient (Wildman–Crippen LogP) is 3.59. The maximum atomic E-state index is 12.9. The quantitative estimate of drug-likeness (QED) is 0.887. The fraction of sp³-hybridized carbons (Fsp3) is 0.667. The average Bonchev–Trinajstić information content (AvgIpc) is 2.48. The summed E-state index contributed by atoms with van der Waals surface area (Å²) in [7, 11) is 0. The number of nitrogens with one attached hydrogen (secondary N) is 1. The third-order valence-electron chi connectivity index (χ3n) is 6.14. The number of hydrogen-bond acceptors (Lipinski definition) is 2. The molecule has 3 rings (SSSR count). The molecule has 2 unspecified atom stereocenters. The summed E-state index contributed by atoms with van der Waals surface area (Å²) in [5.41, 5.74) is 8.74. The number of hydrogen-bond donors (Lipinski definition) is 2. The number of amides is 1. The molecule has 2 fully saturated rings. The molecule has 0 radical (unpaired) electrons. The van der Waals surface area contributed by atoms with Crippen LogP contribution in [0.5, 0.6) is 0 Å². The van der Waals surface area contributed by atoms with Crippen molar-refractivity contribution in [3.63, 3.8) is 0 Å². The minimum absolute atomic E-state index is 0.149. The smallest absolute Gasteiger partial charge is 0.223 e. The van der Waals surface area contributed by atoms with Gasteiger partial charge in [-0.25, -0.2) is 0 Å². The average molecular weight is 329 g/mol. The van der Waals surface area contributed by atoms with Crippen molar-refractivity contribution in [2.75, 3.05) is 0 Å². The van der Waals surface area contributed by atoms with Gasteiger partial charge < -0.3 is 11.1 Å². The van der Waals surface area contributed by atoms with Crippen LogP contribution in [0.4, 0.5) is 0 Å². The van der Waals surface area contributed by atoms with Crippen LogP contribution in [0.3, 0.4) is 0 Å². The second-order valence-electron chi connectivity index (χ2n) is 8.67. The Morgan fingerprint density at radius 2 is 1.83 bits per heavy atom. The first kappa shape index (κ1) is 17.5. The SMILES string of the molecule is Cc1ccccc1CC(C)(C)NC(=O)C1CC2CCCC(C1)C2N. The summed E-state index contributed by atoms with van der Waals surface area (Å²) in [6, 6.07) is 8.76. The monoisotopic (exact) mass is 328 g/mol. The third-order valence-corrected chi connectivity index (χ3v) is 6.14. The van der Waals surface area contributed by atoms with E-state index in [2.05, 4.69) is 50.4 Å². The van der Waals surface area contributed by atoms with Crippen molar-refractivity contribution in [2.45, 2.75) is 70.9 Å². The zero-order valence-corrected chi connectivity index (χ0v) is 15.3. The van der Waals surface area contributed by atoms with Crippen LogP contribution in [0.25, 0.3) is 0 Å². The maximum absolute atomic E-state index is 12.9. The van der Waals surface area contributed by atoms with Gasteiger partial charge in [-0.3, -0.25) is 4.79 Å². The standard InChI is InChI=1S/C21H32N2O/c1-14-7-4-5-8-17(14)13-21(2,3)23-20(24)18-11-15-9-6-10-16(12-18)19(15)22/h4-5,7-8,15-16,18-19H,6,9-13,22H2,1-3H3,(H,23,24). The Morgan fingerprint density at radius 3 is 2.46 bits per heavy atom. The van der Waals surface area contributed by atoms with Gasteiger partial charge in [-0.2, -0.15) is 0 Å². The van der Waals surface area contributed by atoms with E-state index in [-0.39, 0.29) is 17.4 Å². The highest BCUT2D eigenvalue weighted by Gasteiger charge is 2.41. The van der Waals surface area contributed by atoms with Crippen LogP contribution in [0.1, 0.15) is 57.1 Å². The first-order chi connectivity index (χ1) is 11.4. The Bertz CT molecular complexity index is 581. The summed E-state index contributed by atoms with van der Waals surface area (Å²) in [5.74, 6) is 1.48. The molecule has 1 amide bonds. The number of nitrogens with two attached hydrogens (primary N) is 1. The summed E-state index contributed by atoms with van der Waals surface area (Å²) in [6.07, 6.45) is 6.51. The van der Waals surface area contributed by atoms with E-state index in [1.54, 1.807) is 0 Å². The van der Waals surface area contributed by atoms with Crippen molar-refractivity contribution in [3.8, 4) is 0 Å². The molecule has 3 nitrogen and oxygen atoms in total. The lowest BCUT2D eigenvalue weighted by Crippen LogP contribution is -2.52. The summed E-state index contributed by atoms with van der Waals surface area (Å²) >= 11 is 0. The zero-order valence-electron chi connectivity index (χ0n) is 15.3. The van der Waals surface area contributed by atoms with E-state index in [9.17, 15) is 4.79 Å². The van der Waals surface area contributed by atoms with Gasteiger partial charge in [0.25, 0.3) is 0 Å². The van der Waals surface area contributed by atoms with Gasteiger partial charge in [0.2, 0.25) is 5.91 Å². The van der Waals surface area contributed by atoms with Crippen molar-refractivity contribution >= 4 is 5.91 Å².